The highest BCUT2D eigenvalue weighted by molar-refractivity contribution is 8.93. The van der Waals surface area contributed by atoms with Gasteiger partial charge >= 0.3 is 0 Å². The van der Waals surface area contributed by atoms with Gasteiger partial charge in [0.15, 0.2) is 0 Å². The molecule has 13 heavy (non-hydrogen) atoms. The van der Waals surface area contributed by atoms with E-state index in [1.54, 1.807) is 0 Å². The Morgan fingerprint density at radius 2 is 1.54 bits per heavy atom. The van der Waals surface area contributed by atoms with E-state index in [9.17, 15) is 0 Å². The predicted molar refractivity (Wildman–Crippen MR) is 64.6 cm³/mol. The van der Waals surface area contributed by atoms with Crippen LogP contribution < -0.4 is 11.3 Å². The first kappa shape index (κ1) is 13.6. The number of hydrazine groups is 1. The Bertz CT molecular complexity index is 318. The minimum atomic E-state index is 0. The van der Waals surface area contributed by atoms with Crippen LogP contribution in [0.15, 0.2) is 6.07 Å². The van der Waals surface area contributed by atoms with E-state index in [0.29, 0.717) is 15.7 Å². The van der Waals surface area contributed by atoms with Gasteiger partial charge in [0.05, 0.1) is 25.8 Å². The third-order valence-corrected chi connectivity index (χ3v) is 2.82. The van der Waals surface area contributed by atoms with E-state index in [2.05, 4.69) is 5.43 Å². The molecule has 0 amide bonds. The molecule has 7 heteroatoms. The zero-order chi connectivity index (χ0) is 9.30. The van der Waals surface area contributed by atoms with Crippen molar-refractivity contribution in [1.29, 1.82) is 0 Å². The predicted octanol–water partition coefficient (Wildman–Crippen LogP) is 4.16. The summed E-state index contributed by atoms with van der Waals surface area (Å²) in [6.45, 7) is 0. The molecule has 2 nitrogen and oxygen atoms in total. The van der Waals surface area contributed by atoms with Gasteiger partial charge in [-0.2, -0.15) is 0 Å². The van der Waals surface area contributed by atoms with Crippen LogP contribution in [0.1, 0.15) is 0 Å². The van der Waals surface area contributed by atoms with E-state index in [1.165, 1.54) is 6.07 Å². The van der Waals surface area contributed by atoms with Gasteiger partial charge in [0, 0.05) is 0 Å². The maximum absolute atomic E-state index is 5.76. The van der Waals surface area contributed by atoms with Crippen molar-refractivity contribution in [3.05, 3.63) is 26.2 Å². The van der Waals surface area contributed by atoms with E-state index in [4.69, 9.17) is 52.2 Å². The van der Waals surface area contributed by atoms with E-state index >= 15 is 0 Å². The highest BCUT2D eigenvalue weighted by Gasteiger charge is 2.12. The Balaban J connectivity index is 0.00000144. The topological polar surface area (TPSA) is 38.0 Å². The maximum Gasteiger partial charge on any atom is 0.0877 e. The van der Waals surface area contributed by atoms with Crippen LogP contribution in [0.3, 0.4) is 0 Å². The highest BCUT2D eigenvalue weighted by atomic mass is 79.9. The summed E-state index contributed by atoms with van der Waals surface area (Å²) in [6.07, 6.45) is 0. The number of nitrogen functional groups attached to an aromatic ring is 1. The lowest BCUT2D eigenvalue weighted by atomic mass is 10.3. The zero-order valence-electron chi connectivity index (χ0n) is 6.07. The minimum absolute atomic E-state index is 0. The molecule has 0 bridgehead atoms. The minimum Gasteiger partial charge on any atom is -0.321 e. The summed E-state index contributed by atoms with van der Waals surface area (Å²) in [5.74, 6) is 5.15. The van der Waals surface area contributed by atoms with E-state index < -0.39 is 0 Å². The lowest BCUT2D eigenvalue weighted by Gasteiger charge is -2.08. The number of benzene rings is 1. The van der Waals surface area contributed by atoms with E-state index in [-0.39, 0.29) is 27.0 Å². The number of nitrogens with two attached hydrogens (primary N) is 1. The summed E-state index contributed by atoms with van der Waals surface area (Å²) < 4.78 is 0. The molecule has 0 aliphatic heterocycles. The second-order valence-corrected chi connectivity index (χ2v) is 3.56. The van der Waals surface area contributed by atoms with Crippen molar-refractivity contribution >= 4 is 69.1 Å². The van der Waals surface area contributed by atoms with Gasteiger partial charge in [-0.3, -0.25) is 5.84 Å². The molecule has 0 saturated heterocycles. The average molecular weight is 327 g/mol. The number of nitrogens with one attached hydrogen (secondary N) is 1. The van der Waals surface area contributed by atoms with Gasteiger partial charge in [-0.15, -0.1) is 17.0 Å². The molecule has 0 aromatic heterocycles. The Kier molecular flexibility index (Phi) is 5.75. The van der Waals surface area contributed by atoms with Crippen LogP contribution in [0.25, 0.3) is 0 Å². The number of rotatable bonds is 1. The van der Waals surface area contributed by atoms with Crippen molar-refractivity contribution in [3.8, 4) is 0 Å². The van der Waals surface area contributed by atoms with Crippen molar-refractivity contribution in [3.63, 3.8) is 0 Å². The number of hydrogen-bond acceptors (Lipinski definition) is 2. The summed E-state index contributed by atoms with van der Waals surface area (Å²) in [4.78, 5) is 0. The van der Waals surface area contributed by atoms with Gasteiger partial charge in [0.25, 0.3) is 0 Å². The monoisotopic (exact) mass is 324 g/mol. The molecule has 0 heterocycles. The first-order valence-corrected chi connectivity index (χ1v) is 4.38. The van der Waals surface area contributed by atoms with Crippen LogP contribution in [-0.4, -0.2) is 0 Å². The number of halogens is 5. The quantitative estimate of drug-likeness (QED) is 0.352. The second kappa shape index (κ2) is 5.49. The SMILES string of the molecule is Br.NNc1c(Cl)cc(Cl)c(Cl)c1Cl. The van der Waals surface area contributed by atoms with Crippen LogP contribution in [0.2, 0.25) is 20.1 Å². The summed E-state index contributed by atoms with van der Waals surface area (Å²) >= 11 is 22.9. The van der Waals surface area contributed by atoms with Gasteiger partial charge in [0.1, 0.15) is 0 Å². The largest absolute Gasteiger partial charge is 0.321 e. The van der Waals surface area contributed by atoms with Crippen LogP contribution >= 0.6 is 63.4 Å². The smallest absolute Gasteiger partial charge is 0.0877 e. The van der Waals surface area contributed by atoms with Crippen molar-refractivity contribution in [1.82, 2.24) is 0 Å². The van der Waals surface area contributed by atoms with Crippen LogP contribution in [0.5, 0.6) is 0 Å². The molecule has 0 aliphatic rings. The molecule has 0 radical (unpaired) electrons. The molecular formula is C6H5BrCl4N2. The molecular weight excluding hydrogens is 322 g/mol. The molecule has 0 unspecified atom stereocenters. The number of hydrogen-bond donors (Lipinski definition) is 2. The molecule has 74 valence electrons. The third-order valence-electron chi connectivity index (χ3n) is 1.26. The molecule has 3 N–H and O–H groups in total. The second-order valence-electron chi connectivity index (χ2n) is 1.99. The van der Waals surface area contributed by atoms with Crippen LogP contribution in [-0.2, 0) is 0 Å². The molecule has 0 fully saturated rings. The average Bonchev–Trinajstić information content (AvgIpc) is 2.01. The lowest BCUT2D eigenvalue weighted by molar-refractivity contribution is 1.35. The van der Waals surface area contributed by atoms with Crippen molar-refractivity contribution < 1.29 is 0 Å². The fraction of sp³-hybridized carbons (Fsp3) is 0. The third kappa shape index (κ3) is 2.78. The Morgan fingerprint density at radius 1 is 1.00 bits per heavy atom. The molecule has 1 aromatic carbocycles. The van der Waals surface area contributed by atoms with E-state index in [0.717, 1.165) is 0 Å². The Hall–Kier alpha value is 0.620. The van der Waals surface area contributed by atoms with Crippen molar-refractivity contribution in [2.75, 3.05) is 5.43 Å². The summed E-state index contributed by atoms with van der Waals surface area (Å²) in [7, 11) is 0. The highest BCUT2D eigenvalue weighted by Crippen LogP contribution is 2.40. The molecule has 1 aromatic rings. The molecule has 0 saturated carbocycles. The zero-order valence-corrected chi connectivity index (χ0v) is 10.8. The van der Waals surface area contributed by atoms with Gasteiger partial charge in [0.2, 0.25) is 0 Å². The molecule has 0 atom stereocenters. The lowest BCUT2D eigenvalue weighted by Crippen LogP contribution is -2.07. The van der Waals surface area contributed by atoms with Gasteiger partial charge < -0.3 is 5.43 Å². The van der Waals surface area contributed by atoms with Crippen molar-refractivity contribution in [2.24, 2.45) is 5.84 Å². The first-order valence-electron chi connectivity index (χ1n) is 2.87. The van der Waals surface area contributed by atoms with Crippen LogP contribution in [0, 0.1) is 0 Å². The Morgan fingerprint density at radius 3 is 2.00 bits per heavy atom. The fourth-order valence-electron chi connectivity index (χ4n) is 0.699. The summed E-state index contributed by atoms with van der Waals surface area (Å²) in [5, 5.41) is 1.08. The molecule has 0 spiro atoms. The van der Waals surface area contributed by atoms with Gasteiger partial charge in [-0.05, 0) is 6.07 Å². The first-order chi connectivity index (χ1) is 5.57. The van der Waals surface area contributed by atoms with Crippen molar-refractivity contribution in [2.45, 2.75) is 0 Å². The summed E-state index contributed by atoms with van der Waals surface area (Å²) in [6, 6.07) is 1.46. The Labute approximate surface area is 106 Å². The van der Waals surface area contributed by atoms with Gasteiger partial charge in [-0.1, -0.05) is 46.4 Å². The maximum atomic E-state index is 5.76. The summed E-state index contributed by atoms with van der Waals surface area (Å²) in [5.41, 5.74) is 2.69. The molecule has 0 aliphatic carbocycles. The van der Waals surface area contributed by atoms with E-state index in [1.807, 2.05) is 0 Å². The normalized spacial score (nSPS) is 9.31. The van der Waals surface area contributed by atoms with Gasteiger partial charge in [-0.25, -0.2) is 0 Å². The fourth-order valence-corrected chi connectivity index (χ4v) is 1.72. The van der Waals surface area contributed by atoms with Crippen LogP contribution in [0.4, 0.5) is 5.69 Å². The number of anilines is 1. The standard InChI is InChI=1S/C6H4Cl4N2.BrH/c7-2-1-3(8)6(12-11)5(10)4(2)9;/h1,12H,11H2;1H. The molecule has 1 rings (SSSR count).